The van der Waals surface area contributed by atoms with Crippen molar-refractivity contribution in [2.45, 2.75) is 20.3 Å². The van der Waals surface area contributed by atoms with Crippen LogP contribution in [0.15, 0.2) is 0 Å². The van der Waals surface area contributed by atoms with Crippen molar-refractivity contribution in [3.8, 4) is 0 Å². The van der Waals surface area contributed by atoms with Gasteiger partial charge in [0, 0.05) is 32.4 Å². The summed E-state index contributed by atoms with van der Waals surface area (Å²) < 4.78 is 0. The van der Waals surface area contributed by atoms with Gasteiger partial charge < -0.3 is 4.90 Å². The minimum Gasteiger partial charge on any atom is -0.342 e. The third-order valence-electron chi connectivity index (χ3n) is 2.12. The molecule has 0 aromatic rings. The molecule has 0 saturated carbocycles. The average Bonchev–Trinajstić information content (AvgIpc) is 1.94. The van der Waals surface area contributed by atoms with Gasteiger partial charge in [0.1, 0.15) is 5.78 Å². The summed E-state index contributed by atoms with van der Waals surface area (Å²) in [5.41, 5.74) is 0. The molecule has 3 nitrogen and oxygen atoms in total. The Bertz CT molecular complexity index is 189. The van der Waals surface area contributed by atoms with Gasteiger partial charge in [-0.3, -0.25) is 9.59 Å². The lowest BCUT2D eigenvalue weighted by Gasteiger charge is -2.28. The van der Waals surface area contributed by atoms with Gasteiger partial charge in [0.05, 0.1) is 0 Å². The van der Waals surface area contributed by atoms with Crippen LogP contribution in [-0.4, -0.2) is 29.7 Å². The van der Waals surface area contributed by atoms with Crippen molar-refractivity contribution in [1.29, 1.82) is 0 Å². The van der Waals surface area contributed by atoms with Crippen LogP contribution in [0.1, 0.15) is 20.3 Å². The molecule has 0 aliphatic carbocycles. The van der Waals surface area contributed by atoms with Crippen molar-refractivity contribution in [2.75, 3.05) is 13.1 Å². The molecule has 1 atom stereocenters. The predicted molar refractivity (Wildman–Crippen MR) is 41.0 cm³/mol. The minimum absolute atomic E-state index is 0.0349. The SMILES string of the molecule is CC(=O)N1CCC(=O)[C@H](C)C1. The standard InChI is InChI=1S/C8H13NO2/c1-6-5-9(7(2)10)4-3-8(6)11/h6H,3-5H2,1-2H3/t6-/m1/s1. The fourth-order valence-corrected chi connectivity index (χ4v) is 1.30. The predicted octanol–water partition coefficient (Wildman–Crippen LogP) is 0.444. The minimum atomic E-state index is 0.0349. The molecule has 0 radical (unpaired) electrons. The molecule has 11 heavy (non-hydrogen) atoms. The summed E-state index contributed by atoms with van der Waals surface area (Å²) in [6.45, 7) is 4.63. The zero-order valence-electron chi connectivity index (χ0n) is 6.96. The van der Waals surface area contributed by atoms with E-state index in [2.05, 4.69) is 0 Å². The van der Waals surface area contributed by atoms with Gasteiger partial charge in [0.2, 0.25) is 5.91 Å². The van der Waals surface area contributed by atoms with Gasteiger partial charge in [-0.25, -0.2) is 0 Å². The van der Waals surface area contributed by atoms with E-state index in [9.17, 15) is 9.59 Å². The molecule has 1 heterocycles. The van der Waals surface area contributed by atoms with Crippen molar-refractivity contribution >= 4 is 11.7 Å². The number of hydrogen-bond acceptors (Lipinski definition) is 2. The highest BCUT2D eigenvalue weighted by Crippen LogP contribution is 2.11. The summed E-state index contributed by atoms with van der Waals surface area (Å²) in [5, 5.41) is 0. The van der Waals surface area contributed by atoms with Crippen molar-refractivity contribution in [1.82, 2.24) is 4.90 Å². The second-order valence-electron chi connectivity index (χ2n) is 3.08. The number of amides is 1. The Balaban J connectivity index is 2.52. The molecule has 62 valence electrons. The number of carbonyl (C=O) groups excluding carboxylic acids is 2. The van der Waals surface area contributed by atoms with E-state index in [1.54, 1.807) is 11.8 Å². The van der Waals surface area contributed by atoms with Crippen LogP contribution in [0.25, 0.3) is 0 Å². The molecule has 3 heteroatoms. The number of carbonyl (C=O) groups is 2. The highest BCUT2D eigenvalue weighted by molar-refractivity contribution is 5.84. The first-order valence-electron chi connectivity index (χ1n) is 3.89. The second-order valence-corrected chi connectivity index (χ2v) is 3.08. The Labute approximate surface area is 66.4 Å². The van der Waals surface area contributed by atoms with Gasteiger partial charge in [-0.15, -0.1) is 0 Å². The molecule has 1 amide bonds. The van der Waals surface area contributed by atoms with Crippen molar-refractivity contribution in [2.24, 2.45) is 5.92 Å². The van der Waals surface area contributed by atoms with Crippen LogP contribution in [0, 0.1) is 5.92 Å². The maximum Gasteiger partial charge on any atom is 0.219 e. The summed E-state index contributed by atoms with van der Waals surface area (Å²) >= 11 is 0. The van der Waals surface area contributed by atoms with Crippen LogP contribution in [0.4, 0.5) is 0 Å². The Hall–Kier alpha value is -0.860. The number of rotatable bonds is 0. The third-order valence-corrected chi connectivity index (χ3v) is 2.12. The number of ketones is 1. The molecule has 0 spiro atoms. The molecular formula is C8H13NO2. The second kappa shape index (κ2) is 3.03. The first kappa shape index (κ1) is 8.24. The highest BCUT2D eigenvalue weighted by Gasteiger charge is 2.24. The first-order chi connectivity index (χ1) is 5.11. The topological polar surface area (TPSA) is 37.4 Å². The maximum atomic E-state index is 11.0. The quantitative estimate of drug-likeness (QED) is 0.509. The van der Waals surface area contributed by atoms with Crippen LogP contribution >= 0.6 is 0 Å². The van der Waals surface area contributed by atoms with E-state index in [1.807, 2.05) is 6.92 Å². The fraction of sp³-hybridized carbons (Fsp3) is 0.750. The smallest absolute Gasteiger partial charge is 0.219 e. The molecule has 0 aromatic carbocycles. The first-order valence-corrected chi connectivity index (χ1v) is 3.89. The average molecular weight is 155 g/mol. The zero-order chi connectivity index (χ0) is 8.43. The molecule has 1 rings (SSSR count). The summed E-state index contributed by atoms with van der Waals surface area (Å²) in [7, 11) is 0. The van der Waals surface area contributed by atoms with Crippen molar-refractivity contribution in [3.63, 3.8) is 0 Å². The number of nitrogens with zero attached hydrogens (tertiary/aromatic N) is 1. The Morgan fingerprint density at radius 1 is 1.64 bits per heavy atom. The van der Waals surface area contributed by atoms with Crippen LogP contribution in [0.5, 0.6) is 0 Å². The molecule has 0 aromatic heterocycles. The Morgan fingerprint density at radius 2 is 2.27 bits per heavy atom. The van der Waals surface area contributed by atoms with Gasteiger partial charge in [0.25, 0.3) is 0 Å². The van der Waals surface area contributed by atoms with E-state index >= 15 is 0 Å². The molecule has 1 fully saturated rings. The molecule has 1 aliphatic rings. The van der Waals surface area contributed by atoms with Crippen LogP contribution in [0.3, 0.4) is 0 Å². The maximum absolute atomic E-state index is 11.0. The lowest BCUT2D eigenvalue weighted by atomic mass is 9.99. The van der Waals surface area contributed by atoms with E-state index in [1.165, 1.54) is 0 Å². The zero-order valence-corrected chi connectivity index (χ0v) is 6.96. The molecule has 1 aliphatic heterocycles. The molecule has 0 unspecified atom stereocenters. The van der Waals surface area contributed by atoms with Gasteiger partial charge in [-0.05, 0) is 0 Å². The summed E-state index contributed by atoms with van der Waals surface area (Å²) in [4.78, 5) is 23.6. The monoisotopic (exact) mass is 155 g/mol. The van der Waals surface area contributed by atoms with E-state index < -0.39 is 0 Å². The van der Waals surface area contributed by atoms with E-state index in [4.69, 9.17) is 0 Å². The number of piperidine rings is 1. The van der Waals surface area contributed by atoms with Crippen LogP contribution in [-0.2, 0) is 9.59 Å². The number of hydrogen-bond donors (Lipinski definition) is 0. The lowest BCUT2D eigenvalue weighted by molar-refractivity contribution is -0.135. The highest BCUT2D eigenvalue weighted by atomic mass is 16.2. The molecule has 1 saturated heterocycles. The molecular weight excluding hydrogens is 142 g/mol. The summed E-state index contributed by atoms with van der Waals surface area (Å²) in [6.07, 6.45) is 0.529. The van der Waals surface area contributed by atoms with E-state index in [0.717, 1.165) is 0 Å². The molecule has 0 bridgehead atoms. The van der Waals surface area contributed by atoms with Crippen molar-refractivity contribution < 1.29 is 9.59 Å². The Morgan fingerprint density at radius 3 is 2.73 bits per heavy atom. The normalized spacial score (nSPS) is 25.5. The number of likely N-dealkylation sites (tertiary alicyclic amines) is 1. The largest absolute Gasteiger partial charge is 0.342 e. The van der Waals surface area contributed by atoms with E-state index in [0.29, 0.717) is 19.5 Å². The molecule has 0 N–H and O–H groups in total. The van der Waals surface area contributed by atoms with Gasteiger partial charge in [-0.2, -0.15) is 0 Å². The fourth-order valence-electron chi connectivity index (χ4n) is 1.30. The van der Waals surface area contributed by atoms with Crippen LogP contribution < -0.4 is 0 Å². The number of Topliss-reactive ketones (excluding diaryl/α,β-unsaturated/α-hetero) is 1. The summed E-state index contributed by atoms with van der Waals surface area (Å²) in [6, 6.07) is 0. The third kappa shape index (κ3) is 1.79. The van der Waals surface area contributed by atoms with Gasteiger partial charge in [-0.1, -0.05) is 6.92 Å². The van der Waals surface area contributed by atoms with Gasteiger partial charge >= 0.3 is 0 Å². The lowest BCUT2D eigenvalue weighted by Crippen LogP contribution is -2.41. The van der Waals surface area contributed by atoms with E-state index in [-0.39, 0.29) is 17.6 Å². The van der Waals surface area contributed by atoms with Crippen LogP contribution in [0.2, 0.25) is 0 Å². The summed E-state index contributed by atoms with van der Waals surface area (Å²) in [5.74, 6) is 0.388. The van der Waals surface area contributed by atoms with Gasteiger partial charge in [0.15, 0.2) is 0 Å². The van der Waals surface area contributed by atoms with Crippen molar-refractivity contribution in [3.05, 3.63) is 0 Å². The Kier molecular flexibility index (Phi) is 2.27.